The molecule has 0 heterocycles. The summed E-state index contributed by atoms with van der Waals surface area (Å²) >= 11 is 0. The van der Waals surface area contributed by atoms with Crippen LogP contribution in [-0.2, 0) is 4.79 Å². The number of aryl methyl sites for hydroxylation is 1. The van der Waals surface area contributed by atoms with E-state index in [2.05, 4.69) is 0 Å². The lowest BCUT2D eigenvalue weighted by molar-refractivity contribution is -0.138. The van der Waals surface area contributed by atoms with Gasteiger partial charge >= 0.3 is 5.97 Å². The maximum absolute atomic E-state index is 13.2. The maximum atomic E-state index is 13.2. The number of hydrogen-bond donors (Lipinski definition) is 2. The summed E-state index contributed by atoms with van der Waals surface area (Å²) in [5.41, 5.74) is 4.92. The Balaban J connectivity index is 3.24. The van der Waals surface area contributed by atoms with Crippen LogP contribution in [0, 0.1) is 18.6 Å². The molecule has 0 spiro atoms. The van der Waals surface area contributed by atoms with Gasteiger partial charge in [0, 0.05) is 5.56 Å². The van der Waals surface area contributed by atoms with Gasteiger partial charge in [0.2, 0.25) is 0 Å². The molecule has 1 atom stereocenters. The van der Waals surface area contributed by atoms with Gasteiger partial charge in [-0.15, -0.1) is 0 Å². The van der Waals surface area contributed by atoms with Gasteiger partial charge in [-0.1, -0.05) is 12.1 Å². The zero-order valence-corrected chi connectivity index (χ0v) is 7.42. The molecule has 14 heavy (non-hydrogen) atoms. The third-order valence-electron chi connectivity index (χ3n) is 1.91. The van der Waals surface area contributed by atoms with Crippen LogP contribution < -0.4 is 5.73 Å². The van der Waals surface area contributed by atoms with E-state index >= 15 is 0 Å². The molecule has 1 aromatic rings. The van der Waals surface area contributed by atoms with Crippen LogP contribution in [0.1, 0.15) is 17.2 Å². The minimum atomic E-state index is -1.54. The molecular formula is C9H9F2NO2. The van der Waals surface area contributed by atoms with Crippen LogP contribution in [0.3, 0.4) is 0 Å². The van der Waals surface area contributed by atoms with Crippen molar-refractivity contribution in [3.8, 4) is 0 Å². The van der Waals surface area contributed by atoms with Crippen molar-refractivity contribution in [3.05, 3.63) is 34.9 Å². The molecule has 1 unspecified atom stereocenters. The monoisotopic (exact) mass is 201 g/mol. The second-order valence-corrected chi connectivity index (χ2v) is 2.92. The van der Waals surface area contributed by atoms with Crippen molar-refractivity contribution in [3.63, 3.8) is 0 Å². The number of carboxylic acid groups (broad SMARTS) is 1. The smallest absolute Gasteiger partial charge is 0.325 e. The van der Waals surface area contributed by atoms with E-state index in [1.54, 1.807) is 0 Å². The SMILES string of the molecule is Cc1ccc(C(N)C(=O)O)c(F)c1F. The number of hydrogen-bond acceptors (Lipinski definition) is 2. The predicted molar refractivity (Wildman–Crippen MR) is 45.7 cm³/mol. The molecule has 5 heteroatoms. The number of benzene rings is 1. The van der Waals surface area contributed by atoms with Crippen LogP contribution in [0.15, 0.2) is 12.1 Å². The van der Waals surface area contributed by atoms with E-state index in [0.717, 1.165) is 0 Å². The fourth-order valence-electron chi connectivity index (χ4n) is 1.03. The summed E-state index contributed by atoms with van der Waals surface area (Å²) in [6, 6.07) is 0.924. The average Bonchev–Trinajstić information content (AvgIpc) is 2.13. The Morgan fingerprint density at radius 2 is 2.00 bits per heavy atom. The number of carbonyl (C=O) groups is 1. The number of rotatable bonds is 2. The summed E-state index contributed by atoms with van der Waals surface area (Å²) in [5, 5.41) is 8.51. The van der Waals surface area contributed by atoms with Crippen molar-refractivity contribution >= 4 is 5.97 Å². The molecule has 0 aliphatic carbocycles. The van der Waals surface area contributed by atoms with Gasteiger partial charge in [0.05, 0.1) is 0 Å². The molecule has 0 aromatic heterocycles. The van der Waals surface area contributed by atoms with Gasteiger partial charge in [0.1, 0.15) is 6.04 Å². The Morgan fingerprint density at radius 3 is 2.50 bits per heavy atom. The second-order valence-electron chi connectivity index (χ2n) is 2.92. The van der Waals surface area contributed by atoms with Gasteiger partial charge in [-0.25, -0.2) is 8.78 Å². The summed E-state index contributed by atoms with van der Waals surface area (Å²) in [7, 11) is 0. The van der Waals surface area contributed by atoms with Crippen molar-refractivity contribution in [2.45, 2.75) is 13.0 Å². The molecule has 0 aliphatic rings. The Morgan fingerprint density at radius 1 is 1.43 bits per heavy atom. The van der Waals surface area contributed by atoms with Crippen molar-refractivity contribution < 1.29 is 18.7 Å². The molecular weight excluding hydrogens is 192 g/mol. The molecule has 0 bridgehead atoms. The van der Waals surface area contributed by atoms with E-state index in [1.165, 1.54) is 19.1 Å². The summed E-state index contributed by atoms with van der Waals surface area (Å²) in [6.07, 6.45) is 0. The van der Waals surface area contributed by atoms with Crippen LogP contribution in [0.2, 0.25) is 0 Å². The average molecular weight is 201 g/mol. The lowest BCUT2D eigenvalue weighted by Gasteiger charge is -2.09. The third-order valence-corrected chi connectivity index (χ3v) is 1.91. The van der Waals surface area contributed by atoms with Gasteiger partial charge in [-0.3, -0.25) is 4.79 Å². The number of carboxylic acids is 1. The number of halogens is 2. The second kappa shape index (κ2) is 3.71. The quantitative estimate of drug-likeness (QED) is 0.759. The van der Waals surface area contributed by atoms with Gasteiger partial charge < -0.3 is 10.8 Å². The molecule has 0 saturated carbocycles. The lowest BCUT2D eigenvalue weighted by atomic mass is 10.0. The van der Waals surface area contributed by atoms with Gasteiger partial charge in [-0.05, 0) is 12.5 Å². The van der Waals surface area contributed by atoms with Crippen LogP contribution in [-0.4, -0.2) is 11.1 Å². The molecule has 1 aromatic carbocycles. The van der Waals surface area contributed by atoms with Crippen molar-refractivity contribution in [1.29, 1.82) is 0 Å². The standard InChI is InChI=1S/C9H9F2NO2/c1-4-2-3-5(7(11)6(4)10)8(12)9(13)14/h2-3,8H,12H2,1H3,(H,13,14). The predicted octanol–water partition coefficient (Wildman–Crippen LogP) is 1.36. The minimum absolute atomic E-state index is 0.115. The topological polar surface area (TPSA) is 63.3 Å². The van der Waals surface area contributed by atoms with Crippen molar-refractivity contribution in [2.24, 2.45) is 5.73 Å². The fourth-order valence-corrected chi connectivity index (χ4v) is 1.03. The first kappa shape index (κ1) is 10.6. The van der Waals surface area contributed by atoms with Crippen molar-refractivity contribution in [2.75, 3.05) is 0 Å². The Bertz CT molecular complexity index is 379. The van der Waals surface area contributed by atoms with E-state index in [4.69, 9.17) is 10.8 Å². The molecule has 76 valence electrons. The molecule has 3 nitrogen and oxygen atoms in total. The minimum Gasteiger partial charge on any atom is -0.480 e. The first-order valence-electron chi connectivity index (χ1n) is 3.88. The van der Waals surface area contributed by atoms with Crippen LogP contribution >= 0.6 is 0 Å². The Hall–Kier alpha value is -1.49. The first-order chi connectivity index (χ1) is 6.45. The highest BCUT2D eigenvalue weighted by molar-refractivity contribution is 5.75. The van der Waals surface area contributed by atoms with Gasteiger partial charge in [0.15, 0.2) is 11.6 Å². The molecule has 0 fully saturated rings. The Labute approximate surface area is 79.2 Å². The summed E-state index contributed by atoms with van der Waals surface area (Å²) in [4.78, 5) is 10.4. The third kappa shape index (κ3) is 1.72. The van der Waals surface area contributed by atoms with Crippen LogP contribution in [0.25, 0.3) is 0 Å². The molecule has 0 amide bonds. The van der Waals surface area contributed by atoms with E-state index < -0.39 is 23.6 Å². The van der Waals surface area contributed by atoms with Gasteiger partial charge in [-0.2, -0.15) is 0 Å². The van der Waals surface area contributed by atoms with E-state index in [9.17, 15) is 13.6 Å². The summed E-state index contributed by atoms with van der Waals surface area (Å²) < 4.78 is 26.1. The summed E-state index contributed by atoms with van der Waals surface area (Å²) in [5.74, 6) is -3.65. The molecule has 0 saturated heterocycles. The highest BCUT2D eigenvalue weighted by atomic mass is 19.2. The Kier molecular flexibility index (Phi) is 2.81. The van der Waals surface area contributed by atoms with E-state index in [-0.39, 0.29) is 11.1 Å². The number of nitrogens with two attached hydrogens (primary N) is 1. The summed E-state index contributed by atoms with van der Waals surface area (Å²) in [6.45, 7) is 1.38. The fraction of sp³-hybridized carbons (Fsp3) is 0.222. The lowest BCUT2D eigenvalue weighted by Crippen LogP contribution is -2.22. The molecule has 3 N–H and O–H groups in total. The normalized spacial score (nSPS) is 12.6. The highest BCUT2D eigenvalue weighted by Crippen LogP contribution is 2.20. The van der Waals surface area contributed by atoms with Crippen LogP contribution in [0.4, 0.5) is 8.78 Å². The molecule has 0 radical (unpaired) electrons. The zero-order chi connectivity index (χ0) is 10.9. The van der Waals surface area contributed by atoms with Crippen molar-refractivity contribution in [1.82, 2.24) is 0 Å². The van der Waals surface area contributed by atoms with E-state index in [0.29, 0.717) is 0 Å². The maximum Gasteiger partial charge on any atom is 0.325 e. The zero-order valence-electron chi connectivity index (χ0n) is 7.42. The largest absolute Gasteiger partial charge is 0.480 e. The van der Waals surface area contributed by atoms with E-state index in [1.807, 2.05) is 0 Å². The van der Waals surface area contributed by atoms with Gasteiger partial charge in [0.25, 0.3) is 0 Å². The number of aliphatic carboxylic acids is 1. The first-order valence-corrected chi connectivity index (χ1v) is 3.88. The van der Waals surface area contributed by atoms with Crippen LogP contribution in [0.5, 0.6) is 0 Å². The molecule has 0 aliphatic heterocycles. The molecule has 1 rings (SSSR count). The highest BCUT2D eigenvalue weighted by Gasteiger charge is 2.21.